The largest absolute Gasteiger partial charge is 0.353 e. The Bertz CT molecular complexity index is 992. The minimum absolute atomic E-state index is 0.0366. The van der Waals surface area contributed by atoms with Crippen molar-refractivity contribution in [1.29, 1.82) is 0 Å². The molecule has 4 rings (SSSR count). The van der Waals surface area contributed by atoms with Crippen LogP contribution < -0.4 is 5.56 Å². The molecule has 3 nitrogen and oxygen atoms in total. The quantitative estimate of drug-likeness (QED) is 0.492. The number of nitrogens with one attached hydrogen (secondary N) is 2. The highest BCUT2D eigenvalue weighted by atomic mass is 16.1. The van der Waals surface area contributed by atoms with E-state index in [-0.39, 0.29) is 5.56 Å². The summed E-state index contributed by atoms with van der Waals surface area (Å²) in [4.78, 5) is 18.6. The highest BCUT2D eigenvalue weighted by Crippen LogP contribution is 2.28. The Hall–Kier alpha value is -2.55. The maximum absolute atomic E-state index is 12.1. The van der Waals surface area contributed by atoms with Crippen molar-refractivity contribution in [3.63, 3.8) is 0 Å². The zero-order valence-electron chi connectivity index (χ0n) is 10.4. The van der Waals surface area contributed by atoms with Crippen molar-refractivity contribution in [1.82, 2.24) is 9.97 Å². The second-order valence-electron chi connectivity index (χ2n) is 4.92. The first-order valence-electron chi connectivity index (χ1n) is 6.27. The minimum atomic E-state index is -0.0366. The van der Waals surface area contributed by atoms with E-state index in [1.807, 2.05) is 24.3 Å². The predicted octanol–water partition coefficient (Wildman–Crippen LogP) is 3.47. The van der Waals surface area contributed by atoms with Gasteiger partial charge in [-0.05, 0) is 25.1 Å². The minimum Gasteiger partial charge on any atom is -0.353 e. The molecule has 0 atom stereocenters. The number of rotatable bonds is 0. The van der Waals surface area contributed by atoms with Crippen LogP contribution in [-0.4, -0.2) is 9.97 Å². The van der Waals surface area contributed by atoms with Crippen molar-refractivity contribution < 1.29 is 0 Å². The molecule has 0 bridgehead atoms. The van der Waals surface area contributed by atoms with Crippen LogP contribution in [0.5, 0.6) is 0 Å². The lowest BCUT2D eigenvalue weighted by molar-refractivity contribution is 1.35. The molecule has 92 valence electrons. The van der Waals surface area contributed by atoms with Crippen LogP contribution in [0.2, 0.25) is 0 Å². The summed E-state index contributed by atoms with van der Waals surface area (Å²) in [5, 5.41) is 2.76. The summed E-state index contributed by atoms with van der Waals surface area (Å²) in [6, 6.07) is 13.9. The van der Waals surface area contributed by atoms with Gasteiger partial charge in [-0.15, -0.1) is 0 Å². The Morgan fingerprint density at radius 1 is 0.842 bits per heavy atom. The first-order valence-corrected chi connectivity index (χ1v) is 6.27. The van der Waals surface area contributed by atoms with Crippen LogP contribution >= 0.6 is 0 Å². The number of pyridine rings is 1. The Morgan fingerprint density at radius 3 is 2.42 bits per heavy atom. The van der Waals surface area contributed by atoms with Gasteiger partial charge < -0.3 is 9.97 Å². The van der Waals surface area contributed by atoms with Crippen molar-refractivity contribution in [3.8, 4) is 0 Å². The van der Waals surface area contributed by atoms with E-state index in [0.29, 0.717) is 0 Å². The third-order valence-electron chi connectivity index (χ3n) is 3.63. The molecule has 0 saturated carbocycles. The molecule has 0 aliphatic carbocycles. The normalized spacial score (nSPS) is 11.6. The average Bonchev–Trinajstić information content (AvgIpc) is 2.78. The number of aryl methyl sites for hydroxylation is 1. The SMILES string of the molecule is Cc1ccc2[nH]c3c4ccccc4c(=O)[nH]c3c2c1. The van der Waals surface area contributed by atoms with Gasteiger partial charge in [0.25, 0.3) is 5.56 Å². The van der Waals surface area contributed by atoms with Crippen LogP contribution in [0, 0.1) is 6.92 Å². The molecular weight excluding hydrogens is 236 g/mol. The molecule has 0 fully saturated rings. The topological polar surface area (TPSA) is 48.6 Å². The second kappa shape index (κ2) is 3.48. The Balaban J connectivity index is 2.36. The summed E-state index contributed by atoms with van der Waals surface area (Å²) in [6.07, 6.45) is 0. The summed E-state index contributed by atoms with van der Waals surface area (Å²) in [6.45, 7) is 2.05. The maximum Gasteiger partial charge on any atom is 0.256 e. The number of benzene rings is 2. The zero-order valence-corrected chi connectivity index (χ0v) is 10.4. The number of hydrogen-bond acceptors (Lipinski definition) is 1. The summed E-state index contributed by atoms with van der Waals surface area (Å²) in [5.74, 6) is 0. The number of hydrogen-bond donors (Lipinski definition) is 2. The molecule has 0 unspecified atom stereocenters. The van der Waals surface area contributed by atoms with Gasteiger partial charge in [-0.2, -0.15) is 0 Å². The summed E-state index contributed by atoms with van der Waals surface area (Å²) in [7, 11) is 0. The molecule has 0 saturated heterocycles. The molecule has 2 N–H and O–H groups in total. The van der Waals surface area contributed by atoms with E-state index in [0.717, 1.165) is 32.7 Å². The molecule has 3 heteroatoms. The monoisotopic (exact) mass is 248 g/mol. The highest BCUT2D eigenvalue weighted by molar-refractivity contribution is 6.14. The van der Waals surface area contributed by atoms with Crippen LogP contribution in [0.3, 0.4) is 0 Å². The van der Waals surface area contributed by atoms with Crippen molar-refractivity contribution >= 4 is 32.7 Å². The number of H-pyrrole nitrogens is 2. The fourth-order valence-corrected chi connectivity index (χ4v) is 2.72. The first-order chi connectivity index (χ1) is 9.24. The lowest BCUT2D eigenvalue weighted by atomic mass is 10.1. The second-order valence-corrected chi connectivity index (χ2v) is 4.92. The first kappa shape index (κ1) is 10.4. The standard InChI is InChI=1S/C16H12N2O/c1-9-6-7-13-12(8-9)15-14(17-13)10-4-2-3-5-11(10)16(19)18-15/h2-8,17H,1H3,(H,18,19). The molecule has 2 heterocycles. The molecule has 2 aromatic carbocycles. The zero-order chi connectivity index (χ0) is 13.0. The van der Waals surface area contributed by atoms with Crippen LogP contribution in [0.15, 0.2) is 47.3 Å². The molecule has 0 radical (unpaired) electrons. The molecule has 0 aliphatic heterocycles. The number of fused-ring (bicyclic) bond motifs is 5. The van der Waals surface area contributed by atoms with E-state index >= 15 is 0 Å². The fraction of sp³-hybridized carbons (Fsp3) is 0.0625. The van der Waals surface area contributed by atoms with E-state index in [9.17, 15) is 4.79 Å². The van der Waals surface area contributed by atoms with Gasteiger partial charge in [0.15, 0.2) is 0 Å². The molecule has 0 aliphatic rings. The molecule has 2 aromatic heterocycles. The highest BCUT2D eigenvalue weighted by Gasteiger charge is 2.10. The number of aromatic nitrogens is 2. The Morgan fingerprint density at radius 2 is 1.58 bits per heavy atom. The molecule has 0 amide bonds. The number of aromatic amines is 2. The van der Waals surface area contributed by atoms with Crippen LogP contribution in [0.4, 0.5) is 0 Å². The molecule has 4 aromatic rings. The lowest BCUT2D eigenvalue weighted by Crippen LogP contribution is -2.05. The van der Waals surface area contributed by atoms with Crippen LogP contribution in [0.1, 0.15) is 5.56 Å². The van der Waals surface area contributed by atoms with E-state index in [4.69, 9.17) is 0 Å². The Kier molecular flexibility index (Phi) is 1.90. The molecule has 19 heavy (non-hydrogen) atoms. The molecule has 0 spiro atoms. The van der Waals surface area contributed by atoms with Gasteiger partial charge in [-0.25, -0.2) is 0 Å². The predicted molar refractivity (Wildman–Crippen MR) is 78.7 cm³/mol. The van der Waals surface area contributed by atoms with Gasteiger partial charge in [-0.1, -0.05) is 29.8 Å². The van der Waals surface area contributed by atoms with Crippen molar-refractivity contribution in [2.24, 2.45) is 0 Å². The smallest absolute Gasteiger partial charge is 0.256 e. The van der Waals surface area contributed by atoms with Crippen LogP contribution in [-0.2, 0) is 0 Å². The van der Waals surface area contributed by atoms with E-state index < -0.39 is 0 Å². The van der Waals surface area contributed by atoms with E-state index in [1.165, 1.54) is 5.56 Å². The van der Waals surface area contributed by atoms with Crippen molar-refractivity contribution in [3.05, 3.63) is 58.4 Å². The molecular formula is C16H12N2O. The van der Waals surface area contributed by atoms with Crippen molar-refractivity contribution in [2.75, 3.05) is 0 Å². The van der Waals surface area contributed by atoms with Gasteiger partial charge in [0.1, 0.15) is 0 Å². The maximum atomic E-state index is 12.1. The van der Waals surface area contributed by atoms with Gasteiger partial charge in [0.05, 0.1) is 11.0 Å². The lowest BCUT2D eigenvalue weighted by Gasteiger charge is -1.98. The van der Waals surface area contributed by atoms with Crippen LogP contribution in [0.25, 0.3) is 32.7 Å². The third-order valence-corrected chi connectivity index (χ3v) is 3.63. The summed E-state index contributed by atoms with van der Waals surface area (Å²) < 4.78 is 0. The van der Waals surface area contributed by atoms with E-state index in [1.54, 1.807) is 0 Å². The van der Waals surface area contributed by atoms with Gasteiger partial charge in [-0.3, -0.25) is 4.79 Å². The Labute approximate surface area is 108 Å². The summed E-state index contributed by atoms with van der Waals surface area (Å²) in [5.41, 5.74) is 4.08. The fourth-order valence-electron chi connectivity index (χ4n) is 2.72. The van der Waals surface area contributed by atoms with Gasteiger partial charge in [0.2, 0.25) is 0 Å². The average molecular weight is 248 g/mol. The third kappa shape index (κ3) is 1.35. The van der Waals surface area contributed by atoms with E-state index in [2.05, 4.69) is 35.1 Å². The van der Waals surface area contributed by atoms with Gasteiger partial charge in [0, 0.05) is 21.7 Å². The van der Waals surface area contributed by atoms with Crippen molar-refractivity contribution in [2.45, 2.75) is 6.92 Å². The summed E-state index contributed by atoms with van der Waals surface area (Å²) >= 11 is 0. The van der Waals surface area contributed by atoms with Gasteiger partial charge >= 0.3 is 0 Å².